The van der Waals surface area contributed by atoms with Gasteiger partial charge in [-0.05, 0) is 50.6 Å². The highest BCUT2D eigenvalue weighted by Crippen LogP contribution is 2.43. The second-order valence-electron chi connectivity index (χ2n) is 5.60. The van der Waals surface area contributed by atoms with Crippen LogP contribution in [0.5, 0.6) is 0 Å². The molecule has 1 amide bonds. The van der Waals surface area contributed by atoms with E-state index in [9.17, 15) is 9.59 Å². The second-order valence-corrected chi connectivity index (χ2v) is 6.70. The van der Waals surface area contributed by atoms with E-state index in [0.29, 0.717) is 42.5 Å². The lowest BCUT2D eigenvalue weighted by atomic mass is 9.86. The monoisotopic (exact) mass is 324 g/mol. The van der Waals surface area contributed by atoms with Crippen molar-refractivity contribution in [3.05, 3.63) is 16.0 Å². The number of carbonyl (C=O) groups excluding carboxylic acids is 2. The lowest BCUT2D eigenvalue weighted by molar-refractivity contribution is -0.116. The summed E-state index contributed by atoms with van der Waals surface area (Å²) in [6.07, 6.45) is 4.17. The summed E-state index contributed by atoms with van der Waals surface area (Å²) < 4.78 is 5.20. The van der Waals surface area contributed by atoms with Crippen molar-refractivity contribution in [3.8, 4) is 0 Å². The van der Waals surface area contributed by atoms with Crippen molar-refractivity contribution in [2.75, 3.05) is 18.5 Å². The van der Waals surface area contributed by atoms with Crippen molar-refractivity contribution in [1.82, 2.24) is 0 Å². The number of ether oxygens (including phenoxy) is 1. The van der Waals surface area contributed by atoms with E-state index in [0.717, 1.165) is 24.8 Å². The minimum absolute atomic E-state index is 0.0951. The van der Waals surface area contributed by atoms with Crippen LogP contribution in [0.3, 0.4) is 0 Å². The third-order valence-electron chi connectivity index (χ3n) is 3.90. The van der Waals surface area contributed by atoms with Gasteiger partial charge in [0, 0.05) is 11.3 Å². The van der Waals surface area contributed by atoms with Gasteiger partial charge in [-0.25, -0.2) is 4.79 Å². The maximum absolute atomic E-state index is 12.4. The smallest absolute Gasteiger partial charge is 0.341 e. The van der Waals surface area contributed by atoms with Crippen molar-refractivity contribution in [2.45, 2.75) is 51.9 Å². The van der Waals surface area contributed by atoms with Crippen LogP contribution in [0.1, 0.15) is 66.2 Å². The number of aryl methyl sites for hydroxylation is 1. The molecule has 1 unspecified atom stereocenters. The molecule has 1 aromatic rings. The molecule has 0 aliphatic heterocycles. The second kappa shape index (κ2) is 7.74. The van der Waals surface area contributed by atoms with Gasteiger partial charge in [0.15, 0.2) is 0 Å². The van der Waals surface area contributed by atoms with Gasteiger partial charge in [0.05, 0.1) is 12.2 Å². The van der Waals surface area contributed by atoms with Crippen LogP contribution >= 0.6 is 11.3 Å². The van der Waals surface area contributed by atoms with Gasteiger partial charge in [0.2, 0.25) is 5.91 Å². The normalized spacial score (nSPS) is 17.0. The maximum Gasteiger partial charge on any atom is 0.341 e. The lowest BCUT2D eigenvalue weighted by Gasteiger charge is -2.19. The molecule has 0 aromatic carbocycles. The molecule has 0 bridgehead atoms. The van der Waals surface area contributed by atoms with Crippen molar-refractivity contribution < 1.29 is 14.3 Å². The molecule has 2 rings (SSSR count). The van der Waals surface area contributed by atoms with Crippen molar-refractivity contribution in [3.63, 3.8) is 0 Å². The Kier molecular flexibility index (Phi) is 5.97. The number of thiophene rings is 1. The predicted octanol–water partition coefficient (Wildman–Crippen LogP) is 3.04. The van der Waals surface area contributed by atoms with E-state index in [1.54, 1.807) is 6.92 Å². The number of fused-ring (bicyclic) bond motifs is 1. The molecule has 1 aliphatic carbocycles. The minimum atomic E-state index is -0.331. The van der Waals surface area contributed by atoms with Gasteiger partial charge in [-0.15, -0.1) is 11.3 Å². The Morgan fingerprint density at radius 3 is 2.91 bits per heavy atom. The molecule has 0 radical (unpaired) electrons. The molecule has 0 saturated heterocycles. The number of anilines is 1. The Labute approximate surface area is 135 Å². The van der Waals surface area contributed by atoms with Crippen LogP contribution in [-0.4, -0.2) is 25.0 Å². The third-order valence-corrected chi connectivity index (χ3v) is 5.08. The minimum Gasteiger partial charge on any atom is -0.462 e. The lowest BCUT2D eigenvalue weighted by Crippen LogP contribution is -2.17. The number of amides is 1. The van der Waals surface area contributed by atoms with Crippen LogP contribution in [0.25, 0.3) is 0 Å². The van der Waals surface area contributed by atoms with E-state index >= 15 is 0 Å². The summed E-state index contributed by atoms with van der Waals surface area (Å²) in [6.45, 7) is 4.74. The van der Waals surface area contributed by atoms with Crippen LogP contribution in [0.15, 0.2) is 0 Å². The molecule has 0 spiro atoms. The fourth-order valence-corrected chi connectivity index (χ4v) is 4.22. The molecule has 122 valence electrons. The summed E-state index contributed by atoms with van der Waals surface area (Å²) in [6, 6.07) is 0. The zero-order valence-corrected chi connectivity index (χ0v) is 14.1. The van der Waals surface area contributed by atoms with Crippen LogP contribution in [0, 0.1) is 0 Å². The number of esters is 1. The van der Waals surface area contributed by atoms with Crippen LogP contribution in [0.4, 0.5) is 5.00 Å². The summed E-state index contributed by atoms with van der Waals surface area (Å²) >= 11 is 1.52. The molecular weight excluding hydrogens is 300 g/mol. The number of hydrogen-bond donors (Lipinski definition) is 2. The molecule has 1 heterocycles. The van der Waals surface area contributed by atoms with Gasteiger partial charge < -0.3 is 15.8 Å². The largest absolute Gasteiger partial charge is 0.462 e. The third kappa shape index (κ3) is 3.67. The van der Waals surface area contributed by atoms with E-state index in [4.69, 9.17) is 10.5 Å². The Hall–Kier alpha value is -1.40. The topological polar surface area (TPSA) is 81.4 Å². The Bertz CT molecular complexity index is 554. The van der Waals surface area contributed by atoms with Gasteiger partial charge in [-0.1, -0.05) is 6.92 Å². The van der Waals surface area contributed by atoms with Crippen LogP contribution < -0.4 is 11.1 Å². The molecule has 1 atom stereocenters. The van der Waals surface area contributed by atoms with Crippen LogP contribution in [-0.2, 0) is 16.0 Å². The van der Waals surface area contributed by atoms with E-state index in [2.05, 4.69) is 12.2 Å². The maximum atomic E-state index is 12.4. The van der Waals surface area contributed by atoms with Crippen LogP contribution in [0.2, 0.25) is 0 Å². The molecule has 1 aromatic heterocycles. The Morgan fingerprint density at radius 2 is 2.23 bits per heavy atom. The highest BCUT2D eigenvalue weighted by molar-refractivity contribution is 7.17. The molecule has 5 nitrogen and oxygen atoms in total. The first-order valence-electron chi connectivity index (χ1n) is 7.91. The zero-order chi connectivity index (χ0) is 16.1. The molecule has 22 heavy (non-hydrogen) atoms. The molecule has 3 N–H and O–H groups in total. The average molecular weight is 324 g/mol. The first kappa shape index (κ1) is 17.0. The SMILES string of the molecule is CCOC(=O)c1c(NC(=O)CCCN)sc2c1C(C)CCC2. The summed E-state index contributed by atoms with van der Waals surface area (Å²) in [5, 5.41) is 3.52. The summed E-state index contributed by atoms with van der Waals surface area (Å²) in [5.74, 6) is -0.0979. The highest BCUT2D eigenvalue weighted by Gasteiger charge is 2.30. The molecule has 1 aliphatic rings. The Morgan fingerprint density at radius 1 is 1.45 bits per heavy atom. The average Bonchev–Trinajstić information content (AvgIpc) is 2.84. The highest BCUT2D eigenvalue weighted by atomic mass is 32.1. The van der Waals surface area contributed by atoms with E-state index in [1.165, 1.54) is 16.2 Å². The predicted molar refractivity (Wildman–Crippen MR) is 88.5 cm³/mol. The van der Waals surface area contributed by atoms with Gasteiger partial charge in [0.25, 0.3) is 0 Å². The summed E-state index contributed by atoms with van der Waals surface area (Å²) in [5.41, 5.74) is 7.07. The summed E-state index contributed by atoms with van der Waals surface area (Å²) in [4.78, 5) is 25.5. The molecular formula is C16H24N2O3S. The van der Waals surface area contributed by atoms with Crippen molar-refractivity contribution in [1.29, 1.82) is 0 Å². The van der Waals surface area contributed by atoms with Gasteiger partial charge in [0.1, 0.15) is 5.00 Å². The number of nitrogens with two attached hydrogens (primary N) is 1. The number of nitrogens with one attached hydrogen (secondary N) is 1. The number of hydrogen-bond acceptors (Lipinski definition) is 5. The van der Waals surface area contributed by atoms with Crippen molar-refractivity contribution >= 4 is 28.2 Å². The molecule has 6 heteroatoms. The summed E-state index contributed by atoms with van der Waals surface area (Å²) in [7, 11) is 0. The first-order chi connectivity index (χ1) is 10.6. The first-order valence-corrected chi connectivity index (χ1v) is 8.72. The molecule has 0 fully saturated rings. The van der Waals surface area contributed by atoms with E-state index in [-0.39, 0.29) is 11.9 Å². The molecule has 0 saturated carbocycles. The van der Waals surface area contributed by atoms with Gasteiger partial charge >= 0.3 is 5.97 Å². The van der Waals surface area contributed by atoms with E-state index in [1.807, 2.05) is 0 Å². The quantitative estimate of drug-likeness (QED) is 0.788. The van der Waals surface area contributed by atoms with E-state index < -0.39 is 0 Å². The standard InChI is InChI=1S/C16H24N2O3S/c1-3-21-16(20)14-13-10(2)6-4-7-11(13)22-15(14)18-12(19)8-5-9-17/h10H,3-9,17H2,1-2H3,(H,18,19). The zero-order valence-electron chi connectivity index (χ0n) is 13.2. The fourth-order valence-electron chi connectivity index (χ4n) is 2.86. The number of rotatable bonds is 6. The van der Waals surface area contributed by atoms with Gasteiger partial charge in [-0.2, -0.15) is 0 Å². The number of carbonyl (C=O) groups is 2. The Balaban J connectivity index is 2.31. The van der Waals surface area contributed by atoms with Gasteiger partial charge in [-0.3, -0.25) is 4.79 Å². The van der Waals surface area contributed by atoms with Crippen molar-refractivity contribution in [2.24, 2.45) is 5.73 Å². The fraction of sp³-hybridized carbons (Fsp3) is 0.625.